The average Bonchev–Trinajstić information content (AvgIpc) is 3.20. The Labute approximate surface area is 189 Å². The standard InChI is InChI=1S/C23H19ClN2O3S2/c1-15-8-9-17(14-20(15)24)25-23(27)22-13-16-12-18(10-11-21(16)30-22)26(2)31(28,29)19-6-4-3-5-7-19/h3-14H,1-2H3,(H,25,27). The molecule has 0 aliphatic carbocycles. The second-order valence-electron chi connectivity index (χ2n) is 7.04. The largest absolute Gasteiger partial charge is 0.321 e. The summed E-state index contributed by atoms with van der Waals surface area (Å²) in [7, 11) is -2.16. The molecule has 1 amide bonds. The van der Waals surface area contributed by atoms with Gasteiger partial charge in [0.15, 0.2) is 0 Å². The molecule has 0 fully saturated rings. The molecular weight excluding hydrogens is 452 g/mol. The van der Waals surface area contributed by atoms with Crippen molar-refractivity contribution in [1.29, 1.82) is 0 Å². The molecule has 0 aliphatic heterocycles. The summed E-state index contributed by atoms with van der Waals surface area (Å²) in [5.41, 5.74) is 2.07. The van der Waals surface area contributed by atoms with Crippen LogP contribution in [0, 0.1) is 6.92 Å². The van der Waals surface area contributed by atoms with Gasteiger partial charge in [0.2, 0.25) is 0 Å². The first-order valence-corrected chi connectivity index (χ1v) is 12.0. The third-order valence-corrected chi connectivity index (χ3v) is 8.24. The van der Waals surface area contributed by atoms with Gasteiger partial charge >= 0.3 is 0 Å². The lowest BCUT2D eigenvalue weighted by molar-refractivity contribution is 0.103. The first-order chi connectivity index (χ1) is 14.8. The van der Waals surface area contributed by atoms with E-state index in [1.165, 1.54) is 22.7 Å². The maximum absolute atomic E-state index is 12.9. The van der Waals surface area contributed by atoms with Crippen molar-refractivity contribution in [3.8, 4) is 0 Å². The van der Waals surface area contributed by atoms with Crippen molar-refractivity contribution in [3.63, 3.8) is 0 Å². The second-order valence-corrected chi connectivity index (χ2v) is 10.5. The summed E-state index contributed by atoms with van der Waals surface area (Å²) >= 11 is 7.48. The summed E-state index contributed by atoms with van der Waals surface area (Å²) in [6.45, 7) is 1.90. The van der Waals surface area contributed by atoms with Crippen LogP contribution in [0.3, 0.4) is 0 Å². The van der Waals surface area contributed by atoms with Crippen LogP contribution in [0.4, 0.5) is 11.4 Å². The molecule has 0 saturated heterocycles. The highest BCUT2D eigenvalue weighted by molar-refractivity contribution is 7.92. The number of anilines is 2. The molecule has 1 aromatic heterocycles. The number of sulfonamides is 1. The van der Waals surface area contributed by atoms with E-state index in [-0.39, 0.29) is 10.8 Å². The number of nitrogens with zero attached hydrogens (tertiary/aromatic N) is 1. The number of halogens is 1. The molecule has 31 heavy (non-hydrogen) atoms. The molecule has 0 saturated carbocycles. The number of hydrogen-bond acceptors (Lipinski definition) is 4. The molecular formula is C23H19ClN2O3S2. The third kappa shape index (κ3) is 4.30. The van der Waals surface area contributed by atoms with E-state index >= 15 is 0 Å². The molecule has 5 nitrogen and oxygen atoms in total. The van der Waals surface area contributed by atoms with Gasteiger partial charge in [0, 0.05) is 22.5 Å². The van der Waals surface area contributed by atoms with Gasteiger partial charge in [0.25, 0.3) is 15.9 Å². The second kappa shape index (κ2) is 8.34. The predicted octanol–water partition coefficient (Wildman–Crippen LogP) is 5.94. The first-order valence-electron chi connectivity index (χ1n) is 9.41. The first kappa shape index (κ1) is 21.4. The molecule has 4 rings (SSSR count). The van der Waals surface area contributed by atoms with Crippen LogP contribution in [0.2, 0.25) is 5.02 Å². The normalized spacial score (nSPS) is 11.5. The Balaban J connectivity index is 1.61. The van der Waals surface area contributed by atoms with E-state index in [0.29, 0.717) is 21.3 Å². The minimum absolute atomic E-state index is 0.222. The summed E-state index contributed by atoms with van der Waals surface area (Å²) in [5.74, 6) is -0.243. The lowest BCUT2D eigenvalue weighted by atomic mass is 10.2. The van der Waals surface area contributed by atoms with E-state index < -0.39 is 10.0 Å². The van der Waals surface area contributed by atoms with E-state index in [1.807, 2.05) is 19.1 Å². The van der Waals surface area contributed by atoms with Crippen molar-refractivity contribution in [2.24, 2.45) is 0 Å². The fourth-order valence-electron chi connectivity index (χ4n) is 3.09. The van der Waals surface area contributed by atoms with Crippen LogP contribution < -0.4 is 9.62 Å². The number of carbonyl (C=O) groups is 1. The van der Waals surface area contributed by atoms with Crippen LogP contribution in [0.15, 0.2) is 77.7 Å². The number of nitrogens with one attached hydrogen (secondary N) is 1. The quantitative estimate of drug-likeness (QED) is 0.392. The highest BCUT2D eigenvalue weighted by Gasteiger charge is 2.21. The molecule has 0 radical (unpaired) electrons. The molecule has 158 valence electrons. The molecule has 8 heteroatoms. The van der Waals surface area contributed by atoms with Gasteiger partial charge in [-0.2, -0.15) is 0 Å². The summed E-state index contributed by atoms with van der Waals surface area (Å²) in [5, 5.41) is 4.23. The Morgan fingerprint density at radius 1 is 1.00 bits per heavy atom. The molecule has 1 heterocycles. The van der Waals surface area contributed by atoms with E-state index in [1.54, 1.807) is 60.7 Å². The van der Waals surface area contributed by atoms with Crippen LogP contribution in [0.1, 0.15) is 15.2 Å². The van der Waals surface area contributed by atoms with Crippen molar-refractivity contribution in [2.45, 2.75) is 11.8 Å². The van der Waals surface area contributed by atoms with Gasteiger partial charge in [-0.25, -0.2) is 8.42 Å². The zero-order valence-corrected chi connectivity index (χ0v) is 19.2. The smallest absolute Gasteiger partial charge is 0.265 e. The number of carbonyl (C=O) groups excluding carboxylic acids is 1. The lowest BCUT2D eigenvalue weighted by Crippen LogP contribution is -2.26. The molecule has 3 aromatic carbocycles. The van der Waals surface area contributed by atoms with Crippen LogP contribution >= 0.6 is 22.9 Å². The number of rotatable bonds is 5. The fraction of sp³-hybridized carbons (Fsp3) is 0.0870. The predicted molar refractivity (Wildman–Crippen MR) is 128 cm³/mol. The van der Waals surface area contributed by atoms with E-state index in [4.69, 9.17) is 11.6 Å². The summed E-state index contributed by atoms with van der Waals surface area (Å²) in [6, 6.07) is 20.7. The molecule has 0 spiro atoms. The van der Waals surface area contributed by atoms with Gasteiger partial charge in [0.1, 0.15) is 0 Å². The van der Waals surface area contributed by atoms with Crippen LogP contribution in [-0.4, -0.2) is 21.4 Å². The minimum atomic E-state index is -3.67. The number of thiophene rings is 1. The van der Waals surface area contributed by atoms with Crippen LogP contribution in [0.5, 0.6) is 0 Å². The number of hydrogen-bond donors (Lipinski definition) is 1. The van der Waals surface area contributed by atoms with Gasteiger partial charge in [-0.05, 0) is 66.4 Å². The van der Waals surface area contributed by atoms with E-state index in [2.05, 4.69) is 5.32 Å². The molecule has 4 aromatic rings. The number of benzene rings is 3. The molecule has 0 atom stereocenters. The lowest BCUT2D eigenvalue weighted by Gasteiger charge is -2.19. The minimum Gasteiger partial charge on any atom is -0.321 e. The van der Waals surface area contributed by atoms with E-state index in [9.17, 15) is 13.2 Å². The number of fused-ring (bicyclic) bond motifs is 1. The zero-order valence-electron chi connectivity index (χ0n) is 16.8. The Bertz CT molecular complexity index is 1380. The maximum atomic E-state index is 12.9. The van der Waals surface area contributed by atoms with Crippen LogP contribution in [-0.2, 0) is 10.0 Å². The van der Waals surface area contributed by atoms with Gasteiger partial charge in [-0.15, -0.1) is 11.3 Å². The highest BCUT2D eigenvalue weighted by Crippen LogP contribution is 2.32. The van der Waals surface area contributed by atoms with Crippen molar-refractivity contribution in [1.82, 2.24) is 0 Å². The molecule has 0 bridgehead atoms. The number of amides is 1. The fourth-order valence-corrected chi connectivity index (χ4v) is 5.42. The molecule has 1 N–H and O–H groups in total. The van der Waals surface area contributed by atoms with Gasteiger partial charge in [-0.1, -0.05) is 35.9 Å². The Morgan fingerprint density at radius 2 is 1.74 bits per heavy atom. The van der Waals surface area contributed by atoms with Crippen molar-refractivity contribution < 1.29 is 13.2 Å². The average molecular weight is 471 g/mol. The SMILES string of the molecule is Cc1ccc(NC(=O)c2cc3cc(N(C)S(=O)(=O)c4ccccc4)ccc3s2)cc1Cl. The topological polar surface area (TPSA) is 66.5 Å². The molecule has 0 unspecified atom stereocenters. The Morgan fingerprint density at radius 3 is 2.45 bits per heavy atom. The van der Waals surface area contributed by atoms with Crippen LogP contribution in [0.25, 0.3) is 10.1 Å². The van der Waals surface area contributed by atoms with Crippen molar-refractivity contribution in [2.75, 3.05) is 16.7 Å². The number of aryl methyl sites for hydroxylation is 1. The Hall–Kier alpha value is -2.87. The highest BCUT2D eigenvalue weighted by atomic mass is 35.5. The monoisotopic (exact) mass is 470 g/mol. The van der Waals surface area contributed by atoms with Gasteiger partial charge in [0.05, 0.1) is 15.5 Å². The van der Waals surface area contributed by atoms with Gasteiger partial charge in [-0.3, -0.25) is 9.10 Å². The van der Waals surface area contributed by atoms with Gasteiger partial charge < -0.3 is 5.32 Å². The third-order valence-electron chi connectivity index (χ3n) is 4.92. The Kier molecular flexibility index (Phi) is 5.75. The van der Waals surface area contributed by atoms with Crippen molar-refractivity contribution >= 4 is 60.3 Å². The summed E-state index contributed by atoms with van der Waals surface area (Å²) < 4.78 is 27.9. The maximum Gasteiger partial charge on any atom is 0.265 e. The zero-order chi connectivity index (χ0) is 22.2. The van der Waals surface area contributed by atoms with E-state index in [0.717, 1.165) is 15.6 Å². The molecule has 0 aliphatic rings. The van der Waals surface area contributed by atoms with Crippen molar-refractivity contribution in [3.05, 3.63) is 88.3 Å². The summed E-state index contributed by atoms with van der Waals surface area (Å²) in [6.07, 6.45) is 0. The summed E-state index contributed by atoms with van der Waals surface area (Å²) in [4.78, 5) is 13.4.